The zero-order chi connectivity index (χ0) is 11.3. The molecular formula is C13H28N2. The van der Waals surface area contributed by atoms with Crippen LogP contribution >= 0.6 is 0 Å². The molecule has 2 heteroatoms. The first-order valence-electron chi connectivity index (χ1n) is 6.64. The van der Waals surface area contributed by atoms with E-state index in [4.69, 9.17) is 5.73 Å². The van der Waals surface area contributed by atoms with Crippen molar-refractivity contribution in [1.82, 2.24) is 4.90 Å². The third-order valence-electron chi connectivity index (χ3n) is 3.47. The van der Waals surface area contributed by atoms with E-state index in [1.54, 1.807) is 0 Å². The highest BCUT2D eigenvalue weighted by Gasteiger charge is 2.28. The SMILES string of the molecule is CCCCN(CCC(N)C(C)C)C1CC1. The third kappa shape index (κ3) is 4.98. The van der Waals surface area contributed by atoms with Crippen LogP contribution in [0.25, 0.3) is 0 Å². The fraction of sp³-hybridized carbons (Fsp3) is 1.00. The molecule has 1 aliphatic carbocycles. The Hall–Kier alpha value is -0.0800. The number of hydrogen-bond donors (Lipinski definition) is 1. The Bertz CT molecular complexity index is 164. The van der Waals surface area contributed by atoms with Crippen LogP contribution in [0.15, 0.2) is 0 Å². The van der Waals surface area contributed by atoms with Gasteiger partial charge in [0, 0.05) is 12.1 Å². The normalized spacial score (nSPS) is 18.8. The van der Waals surface area contributed by atoms with Gasteiger partial charge in [-0.3, -0.25) is 0 Å². The second kappa shape index (κ2) is 6.49. The number of nitrogens with zero attached hydrogens (tertiary/aromatic N) is 1. The summed E-state index contributed by atoms with van der Waals surface area (Å²) in [5, 5.41) is 0. The topological polar surface area (TPSA) is 29.3 Å². The Morgan fingerprint density at radius 3 is 2.40 bits per heavy atom. The summed E-state index contributed by atoms with van der Waals surface area (Å²) in [6, 6.07) is 1.28. The second-order valence-corrected chi connectivity index (χ2v) is 5.32. The molecule has 1 fully saturated rings. The van der Waals surface area contributed by atoms with Gasteiger partial charge < -0.3 is 10.6 Å². The standard InChI is InChI=1S/C13H28N2/c1-4-5-9-15(12-6-7-12)10-8-13(14)11(2)3/h11-13H,4-10,14H2,1-3H3. The van der Waals surface area contributed by atoms with E-state index >= 15 is 0 Å². The molecule has 15 heavy (non-hydrogen) atoms. The molecule has 0 amide bonds. The first-order valence-corrected chi connectivity index (χ1v) is 6.64. The number of unbranched alkanes of at least 4 members (excludes halogenated alkanes) is 1. The summed E-state index contributed by atoms with van der Waals surface area (Å²) in [4.78, 5) is 2.66. The lowest BCUT2D eigenvalue weighted by Crippen LogP contribution is -2.35. The minimum absolute atomic E-state index is 0.382. The zero-order valence-corrected chi connectivity index (χ0v) is 10.7. The van der Waals surface area contributed by atoms with Gasteiger partial charge in [0.2, 0.25) is 0 Å². The Morgan fingerprint density at radius 2 is 1.93 bits per heavy atom. The van der Waals surface area contributed by atoms with Crippen LogP contribution in [0.3, 0.4) is 0 Å². The predicted octanol–water partition coefficient (Wildman–Crippen LogP) is 2.62. The highest BCUT2D eigenvalue weighted by Crippen LogP contribution is 2.27. The lowest BCUT2D eigenvalue weighted by atomic mass is 10.0. The molecule has 2 nitrogen and oxygen atoms in total. The molecule has 0 aromatic carbocycles. The summed E-state index contributed by atoms with van der Waals surface area (Å²) >= 11 is 0. The smallest absolute Gasteiger partial charge is 0.00964 e. The van der Waals surface area contributed by atoms with E-state index in [0.717, 1.165) is 12.5 Å². The van der Waals surface area contributed by atoms with Gasteiger partial charge >= 0.3 is 0 Å². The molecule has 0 heterocycles. The van der Waals surface area contributed by atoms with Gasteiger partial charge in [-0.25, -0.2) is 0 Å². The molecule has 0 saturated heterocycles. The molecule has 90 valence electrons. The Morgan fingerprint density at radius 1 is 1.27 bits per heavy atom. The van der Waals surface area contributed by atoms with E-state index in [1.807, 2.05) is 0 Å². The van der Waals surface area contributed by atoms with Crippen molar-refractivity contribution in [1.29, 1.82) is 0 Å². The highest BCUT2D eigenvalue weighted by atomic mass is 15.2. The van der Waals surface area contributed by atoms with E-state index in [-0.39, 0.29) is 0 Å². The third-order valence-corrected chi connectivity index (χ3v) is 3.47. The van der Waals surface area contributed by atoms with E-state index in [9.17, 15) is 0 Å². The number of hydrogen-bond acceptors (Lipinski definition) is 2. The van der Waals surface area contributed by atoms with Gasteiger partial charge in [0.25, 0.3) is 0 Å². The molecule has 0 aromatic heterocycles. The van der Waals surface area contributed by atoms with Crippen molar-refractivity contribution in [3.05, 3.63) is 0 Å². The average Bonchev–Trinajstić information content (AvgIpc) is 3.01. The highest BCUT2D eigenvalue weighted by molar-refractivity contribution is 4.85. The molecule has 1 unspecified atom stereocenters. The van der Waals surface area contributed by atoms with Crippen molar-refractivity contribution >= 4 is 0 Å². The van der Waals surface area contributed by atoms with Crippen molar-refractivity contribution in [2.24, 2.45) is 11.7 Å². The van der Waals surface area contributed by atoms with Crippen molar-refractivity contribution < 1.29 is 0 Å². The van der Waals surface area contributed by atoms with E-state index in [0.29, 0.717) is 12.0 Å². The molecule has 0 aliphatic heterocycles. The van der Waals surface area contributed by atoms with Crippen LogP contribution in [0, 0.1) is 5.92 Å². The number of rotatable bonds is 8. The van der Waals surface area contributed by atoms with Crippen LogP contribution in [0.1, 0.15) is 52.9 Å². The summed E-state index contributed by atoms with van der Waals surface area (Å²) in [5.41, 5.74) is 6.09. The Kier molecular flexibility index (Phi) is 5.62. The summed E-state index contributed by atoms with van der Waals surface area (Å²) in [6.07, 6.45) is 6.64. The minimum Gasteiger partial charge on any atom is -0.327 e. The molecule has 1 saturated carbocycles. The first kappa shape index (κ1) is 13.0. The fourth-order valence-electron chi connectivity index (χ4n) is 1.93. The summed E-state index contributed by atoms with van der Waals surface area (Å²) in [7, 11) is 0. The average molecular weight is 212 g/mol. The molecule has 0 radical (unpaired) electrons. The molecular weight excluding hydrogens is 184 g/mol. The van der Waals surface area contributed by atoms with Crippen LogP contribution < -0.4 is 5.73 Å². The van der Waals surface area contributed by atoms with Crippen LogP contribution in [0.5, 0.6) is 0 Å². The maximum Gasteiger partial charge on any atom is 0.00964 e. The lowest BCUT2D eigenvalue weighted by Gasteiger charge is -2.24. The maximum atomic E-state index is 6.09. The van der Waals surface area contributed by atoms with Crippen molar-refractivity contribution in [3.8, 4) is 0 Å². The van der Waals surface area contributed by atoms with Crippen LogP contribution in [0.2, 0.25) is 0 Å². The van der Waals surface area contributed by atoms with Gasteiger partial charge in [0.1, 0.15) is 0 Å². The van der Waals surface area contributed by atoms with Crippen LogP contribution in [-0.2, 0) is 0 Å². The molecule has 1 aliphatic rings. The van der Waals surface area contributed by atoms with E-state index in [2.05, 4.69) is 25.7 Å². The van der Waals surface area contributed by atoms with Crippen LogP contribution in [-0.4, -0.2) is 30.1 Å². The molecule has 1 atom stereocenters. The van der Waals surface area contributed by atoms with E-state index < -0.39 is 0 Å². The molecule has 0 aromatic rings. The first-order chi connectivity index (χ1) is 7.15. The van der Waals surface area contributed by atoms with E-state index in [1.165, 1.54) is 38.8 Å². The monoisotopic (exact) mass is 212 g/mol. The van der Waals surface area contributed by atoms with Crippen molar-refractivity contribution in [2.75, 3.05) is 13.1 Å². The summed E-state index contributed by atoms with van der Waals surface area (Å²) in [5.74, 6) is 0.622. The largest absolute Gasteiger partial charge is 0.327 e. The quantitative estimate of drug-likeness (QED) is 0.670. The summed E-state index contributed by atoms with van der Waals surface area (Å²) in [6.45, 7) is 9.21. The molecule has 1 rings (SSSR count). The van der Waals surface area contributed by atoms with Gasteiger partial charge in [-0.15, -0.1) is 0 Å². The van der Waals surface area contributed by atoms with Gasteiger partial charge in [-0.05, 0) is 44.7 Å². The molecule has 0 bridgehead atoms. The predicted molar refractivity (Wildman–Crippen MR) is 66.9 cm³/mol. The van der Waals surface area contributed by atoms with Crippen molar-refractivity contribution in [3.63, 3.8) is 0 Å². The van der Waals surface area contributed by atoms with Gasteiger partial charge in [-0.2, -0.15) is 0 Å². The lowest BCUT2D eigenvalue weighted by molar-refractivity contribution is 0.241. The molecule has 2 N–H and O–H groups in total. The number of nitrogens with two attached hydrogens (primary N) is 1. The second-order valence-electron chi connectivity index (χ2n) is 5.32. The van der Waals surface area contributed by atoms with Crippen molar-refractivity contribution in [2.45, 2.75) is 65.0 Å². The van der Waals surface area contributed by atoms with Gasteiger partial charge in [0.15, 0.2) is 0 Å². The van der Waals surface area contributed by atoms with Gasteiger partial charge in [-0.1, -0.05) is 27.2 Å². The minimum atomic E-state index is 0.382. The van der Waals surface area contributed by atoms with Gasteiger partial charge in [0.05, 0.1) is 0 Å². The maximum absolute atomic E-state index is 6.09. The zero-order valence-electron chi connectivity index (χ0n) is 10.7. The Labute approximate surface area is 95.2 Å². The molecule has 0 spiro atoms. The fourth-order valence-corrected chi connectivity index (χ4v) is 1.93. The summed E-state index contributed by atoms with van der Waals surface area (Å²) < 4.78 is 0. The van der Waals surface area contributed by atoms with Crippen LogP contribution in [0.4, 0.5) is 0 Å². The Balaban J connectivity index is 2.19.